The van der Waals surface area contributed by atoms with Crippen molar-refractivity contribution in [3.05, 3.63) is 38.5 Å². The molecule has 1 aromatic carbocycles. The zero-order chi connectivity index (χ0) is 23.5. The van der Waals surface area contributed by atoms with E-state index in [-0.39, 0.29) is 18.9 Å². The average molecular weight is 500 g/mol. The zero-order valence-corrected chi connectivity index (χ0v) is 18.0. The molecule has 0 radical (unpaired) electrons. The van der Waals surface area contributed by atoms with E-state index in [0.717, 1.165) is 0 Å². The summed E-state index contributed by atoms with van der Waals surface area (Å²) in [5, 5.41) is 11.7. The fourth-order valence-corrected chi connectivity index (χ4v) is 3.25. The molecule has 1 heterocycles. The highest BCUT2D eigenvalue weighted by Gasteiger charge is 2.37. The summed E-state index contributed by atoms with van der Waals surface area (Å²) < 4.78 is 49.5. The van der Waals surface area contributed by atoms with Crippen molar-refractivity contribution in [2.75, 3.05) is 18.1 Å². The van der Waals surface area contributed by atoms with Crippen LogP contribution < -0.4 is 4.90 Å². The van der Waals surface area contributed by atoms with Gasteiger partial charge in [-0.1, -0.05) is 34.8 Å². The highest BCUT2D eigenvalue weighted by molar-refractivity contribution is 6.38. The summed E-state index contributed by atoms with van der Waals surface area (Å²) in [6, 6.07) is 2.79. The number of carbonyl (C=O) groups excluding carboxylic acids is 2. The SMILES string of the molecule is CCOC(=O)N(C(=O)OCC)c1c(C#N)c(Cl)nn1-c1c(Cl)cc(C(F)(F)F)cc1Cl. The van der Waals surface area contributed by atoms with Crippen LogP contribution in [0.4, 0.5) is 28.6 Å². The number of amides is 2. The van der Waals surface area contributed by atoms with Crippen molar-refractivity contribution in [3.63, 3.8) is 0 Å². The molecule has 0 atom stereocenters. The highest BCUT2D eigenvalue weighted by Crippen LogP contribution is 2.40. The Morgan fingerprint density at radius 1 is 1.13 bits per heavy atom. The number of halogens is 6. The van der Waals surface area contributed by atoms with Gasteiger partial charge in [0, 0.05) is 0 Å². The minimum atomic E-state index is -4.75. The number of hydrogen-bond donors (Lipinski definition) is 0. The molecule has 31 heavy (non-hydrogen) atoms. The van der Waals surface area contributed by atoms with Gasteiger partial charge in [0.1, 0.15) is 17.3 Å². The Labute approximate surface area is 188 Å². The van der Waals surface area contributed by atoms with E-state index in [1.54, 1.807) is 6.07 Å². The number of hydrogen-bond acceptors (Lipinski definition) is 6. The number of nitriles is 1. The van der Waals surface area contributed by atoms with Gasteiger partial charge in [-0.3, -0.25) is 0 Å². The Bertz CT molecular complexity index is 1030. The van der Waals surface area contributed by atoms with Crippen molar-refractivity contribution >= 4 is 52.8 Å². The quantitative estimate of drug-likeness (QED) is 0.524. The molecule has 166 valence electrons. The first kappa shape index (κ1) is 24.6. The van der Waals surface area contributed by atoms with E-state index in [1.165, 1.54) is 13.8 Å². The second-order valence-corrected chi connectivity index (χ2v) is 6.70. The first-order valence-electron chi connectivity index (χ1n) is 8.36. The third kappa shape index (κ3) is 4.98. The average Bonchev–Trinajstić information content (AvgIpc) is 2.96. The third-order valence-corrected chi connectivity index (χ3v) is 4.44. The van der Waals surface area contributed by atoms with Gasteiger partial charge in [-0.25, -0.2) is 14.3 Å². The van der Waals surface area contributed by atoms with Crippen molar-refractivity contribution in [1.82, 2.24) is 9.78 Å². The van der Waals surface area contributed by atoms with Gasteiger partial charge in [0.2, 0.25) is 0 Å². The summed E-state index contributed by atoms with van der Waals surface area (Å²) in [4.78, 5) is 25.3. The minimum absolute atomic E-state index is 0.152. The molecule has 0 aliphatic heterocycles. The molecule has 0 spiro atoms. The third-order valence-electron chi connectivity index (χ3n) is 3.60. The van der Waals surface area contributed by atoms with Gasteiger partial charge in [0.25, 0.3) is 0 Å². The topological polar surface area (TPSA) is 97.4 Å². The number of carbonyl (C=O) groups is 2. The highest BCUT2D eigenvalue weighted by atomic mass is 35.5. The molecule has 14 heteroatoms. The predicted molar refractivity (Wildman–Crippen MR) is 105 cm³/mol. The van der Waals surface area contributed by atoms with Crippen molar-refractivity contribution in [2.24, 2.45) is 0 Å². The molecular weight excluding hydrogens is 488 g/mol. The number of nitrogens with zero attached hydrogens (tertiary/aromatic N) is 4. The van der Waals surface area contributed by atoms with Gasteiger partial charge in [0.15, 0.2) is 11.0 Å². The molecule has 0 aliphatic carbocycles. The second kappa shape index (κ2) is 9.64. The van der Waals surface area contributed by atoms with Crippen LogP contribution in [0.25, 0.3) is 5.69 Å². The van der Waals surface area contributed by atoms with Crippen LogP contribution >= 0.6 is 34.8 Å². The molecule has 2 aromatic rings. The Morgan fingerprint density at radius 3 is 2.00 bits per heavy atom. The molecule has 0 bridgehead atoms. The predicted octanol–water partition coefficient (Wildman–Crippen LogP) is 5.84. The van der Waals surface area contributed by atoms with E-state index in [9.17, 15) is 28.0 Å². The molecular formula is C17H12Cl3F3N4O4. The van der Waals surface area contributed by atoms with E-state index in [4.69, 9.17) is 44.3 Å². The number of alkyl halides is 3. The maximum Gasteiger partial charge on any atom is 0.425 e. The van der Waals surface area contributed by atoms with Gasteiger partial charge in [-0.15, -0.1) is 0 Å². The molecule has 0 N–H and O–H groups in total. The summed E-state index contributed by atoms with van der Waals surface area (Å²) in [5.74, 6) is -0.576. The molecule has 0 aliphatic rings. The first-order chi connectivity index (χ1) is 14.5. The normalized spacial score (nSPS) is 11.1. The van der Waals surface area contributed by atoms with Crippen molar-refractivity contribution < 1.29 is 32.2 Å². The maximum absolute atomic E-state index is 13.1. The summed E-state index contributed by atoms with van der Waals surface area (Å²) >= 11 is 18.0. The van der Waals surface area contributed by atoms with Crippen LogP contribution in [0.15, 0.2) is 12.1 Å². The Balaban J connectivity index is 2.85. The maximum atomic E-state index is 13.1. The number of ether oxygens (including phenoxy) is 2. The van der Waals surface area contributed by atoms with E-state index >= 15 is 0 Å². The molecule has 0 saturated carbocycles. The second-order valence-electron chi connectivity index (χ2n) is 5.53. The summed E-state index contributed by atoms with van der Waals surface area (Å²) in [5.41, 5.74) is -2.00. The van der Waals surface area contributed by atoms with Gasteiger partial charge >= 0.3 is 18.4 Å². The van der Waals surface area contributed by atoms with E-state index < -0.39 is 50.5 Å². The molecule has 0 fully saturated rings. The minimum Gasteiger partial charge on any atom is -0.449 e. The van der Waals surface area contributed by atoms with Gasteiger partial charge in [0.05, 0.1) is 28.8 Å². The van der Waals surface area contributed by atoms with Crippen LogP contribution in [0.3, 0.4) is 0 Å². The number of benzene rings is 1. The van der Waals surface area contributed by atoms with Gasteiger partial charge < -0.3 is 9.47 Å². The Hall–Kier alpha value is -2.68. The fourth-order valence-electron chi connectivity index (χ4n) is 2.40. The summed E-state index contributed by atoms with van der Waals surface area (Å²) in [7, 11) is 0. The zero-order valence-electron chi connectivity index (χ0n) is 15.8. The smallest absolute Gasteiger partial charge is 0.425 e. The number of imide groups is 1. The first-order valence-corrected chi connectivity index (χ1v) is 9.50. The number of aromatic nitrogens is 2. The molecule has 2 amide bonds. The Morgan fingerprint density at radius 2 is 1.61 bits per heavy atom. The van der Waals surface area contributed by atoms with Crippen molar-refractivity contribution in [2.45, 2.75) is 20.0 Å². The van der Waals surface area contributed by atoms with Crippen LogP contribution in [0.2, 0.25) is 15.2 Å². The van der Waals surface area contributed by atoms with Crippen LogP contribution in [0.1, 0.15) is 25.0 Å². The lowest BCUT2D eigenvalue weighted by atomic mass is 10.2. The van der Waals surface area contributed by atoms with Crippen LogP contribution in [-0.2, 0) is 15.7 Å². The molecule has 0 saturated heterocycles. The molecule has 1 aromatic heterocycles. The molecule has 0 unspecified atom stereocenters. The van der Waals surface area contributed by atoms with Crippen LogP contribution in [0.5, 0.6) is 0 Å². The van der Waals surface area contributed by atoms with Crippen molar-refractivity contribution in [1.29, 1.82) is 5.26 Å². The standard InChI is InChI=1S/C17H12Cl3F3N4O4/c1-3-30-15(28)26(16(29)31-4-2)14-9(7-24)13(20)25-27(14)12-10(18)5-8(6-11(12)19)17(21,22)23/h5-6H,3-4H2,1-2H3. The van der Waals surface area contributed by atoms with Crippen LogP contribution in [-0.4, -0.2) is 35.2 Å². The van der Waals surface area contributed by atoms with E-state index in [1.807, 2.05) is 0 Å². The fraction of sp³-hybridized carbons (Fsp3) is 0.294. The van der Waals surface area contributed by atoms with Gasteiger partial charge in [-0.05, 0) is 26.0 Å². The van der Waals surface area contributed by atoms with E-state index in [2.05, 4.69) is 5.10 Å². The summed E-state index contributed by atoms with van der Waals surface area (Å²) in [6.45, 7) is 2.61. The monoisotopic (exact) mass is 498 g/mol. The van der Waals surface area contributed by atoms with Crippen molar-refractivity contribution in [3.8, 4) is 11.8 Å². The largest absolute Gasteiger partial charge is 0.449 e. The summed E-state index contributed by atoms with van der Waals surface area (Å²) in [6.07, 6.45) is -7.26. The lowest BCUT2D eigenvalue weighted by molar-refractivity contribution is -0.137. The van der Waals surface area contributed by atoms with Gasteiger partial charge in [-0.2, -0.15) is 28.4 Å². The molecule has 2 rings (SSSR count). The number of anilines is 1. The van der Waals surface area contributed by atoms with E-state index in [0.29, 0.717) is 21.7 Å². The Kier molecular flexibility index (Phi) is 7.64. The van der Waals surface area contributed by atoms with Crippen LogP contribution in [0, 0.1) is 11.3 Å². The lowest BCUT2D eigenvalue weighted by Crippen LogP contribution is -2.39. The molecule has 8 nitrogen and oxygen atoms in total. The lowest BCUT2D eigenvalue weighted by Gasteiger charge is -2.21. The number of rotatable bonds is 4.